The minimum atomic E-state index is -0.240. The minimum absolute atomic E-state index is 0.000160. The Balaban J connectivity index is 1.49. The SMILES string of the molecule is CNc1cc(C(=O)N2CCC(c3n[nH]c(=O)n3-c3ccccc3)CC2)ccn1. The molecule has 0 spiro atoms. The topological polar surface area (TPSA) is 95.9 Å². The van der Waals surface area contributed by atoms with E-state index in [4.69, 9.17) is 0 Å². The molecule has 0 unspecified atom stereocenters. The van der Waals surface area contributed by atoms with Crippen LogP contribution in [0.25, 0.3) is 5.69 Å². The monoisotopic (exact) mass is 378 g/mol. The molecule has 4 rings (SSSR count). The van der Waals surface area contributed by atoms with Gasteiger partial charge in [-0.15, -0.1) is 0 Å². The van der Waals surface area contributed by atoms with Gasteiger partial charge >= 0.3 is 5.69 Å². The maximum absolute atomic E-state index is 12.8. The summed E-state index contributed by atoms with van der Waals surface area (Å²) < 4.78 is 1.63. The molecule has 3 aromatic rings. The number of pyridine rings is 1. The lowest BCUT2D eigenvalue weighted by Gasteiger charge is -2.31. The molecular weight excluding hydrogens is 356 g/mol. The third-order valence-corrected chi connectivity index (χ3v) is 5.12. The number of hydrogen-bond donors (Lipinski definition) is 2. The number of amides is 1. The molecule has 2 N–H and O–H groups in total. The zero-order chi connectivity index (χ0) is 19.5. The van der Waals surface area contributed by atoms with Gasteiger partial charge in [0.15, 0.2) is 0 Å². The Morgan fingerprint density at radius 3 is 2.64 bits per heavy atom. The molecule has 1 amide bonds. The van der Waals surface area contributed by atoms with Gasteiger partial charge in [-0.3, -0.25) is 4.79 Å². The molecule has 3 heterocycles. The van der Waals surface area contributed by atoms with E-state index in [1.165, 1.54) is 0 Å². The second-order valence-corrected chi connectivity index (χ2v) is 6.80. The molecule has 0 bridgehead atoms. The lowest BCUT2D eigenvalue weighted by Crippen LogP contribution is -2.38. The Kier molecular flexibility index (Phi) is 4.92. The second-order valence-electron chi connectivity index (χ2n) is 6.80. The van der Waals surface area contributed by atoms with E-state index >= 15 is 0 Å². The number of piperidine rings is 1. The first-order valence-corrected chi connectivity index (χ1v) is 9.33. The highest BCUT2D eigenvalue weighted by Gasteiger charge is 2.28. The highest BCUT2D eigenvalue weighted by molar-refractivity contribution is 5.94. The van der Waals surface area contributed by atoms with Crippen LogP contribution in [0, 0.1) is 0 Å². The highest BCUT2D eigenvalue weighted by Crippen LogP contribution is 2.28. The molecule has 1 aliphatic heterocycles. The fraction of sp³-hybridized carbons (Fsp3) is 0.300. The maximum atomic E-state index is 12.8. The summed E-state index contributed by atoms with van der Waals surface area (Å²) in [5.41, 5.74) is 1.18. The zero-order valence-electron chi connectivity index (χ0n) is 15.6. The van der Waals surface area contributed by atoms with Crippen LogP contribution in [-0.2, 0) is 0 Å². The van der Waals surface area contributed by atoms with Crippen molar-refractivity contribution in [3.63, 3.8) is 0 Å². The third-order valence-electron chi connectivity index (χ3n) is 5.12. The van der Waals surface area contributed by atoms with Gasteiger partial charge in [0.05, 0.1) is 5.69 Å². The largest absolute Gasteiger partial charge is 0.373 e. The number of carbonyl (C=O) groups is 1. The highest BCUT2D eigenvalue weighted by atomic mass is 16.2. The van der Waals surface area contributed by atoms with Gasteiger partial charge in [-0.1, -0.05) is 18.2 Å². The van der Waals surface area contributed by atoms with Crippen LogP contribution in [0.1, 0.15) is 34.9 Å². The summed E-state index contributed by atoms with van der Waals surface area (Å²) in [5, 5.41) is 9.79. The summed E-state index contributed by atoms with van der Waals surface area (Å²) >= 11 is 0. The van der Waals surface area contributed by atoms with Gasteiger partial charge in [0, 0.05) is 37.8 Å². The number of para-hydroxylation sites is 1. The van der Waals surface area contributed by atoms with Crippen molar-refractivity contribution in [1.29, 1.82) is 0 Å². The predicted octanol–water partition coefficient (Wildman–Crippen LogP) is 2.02. The molecule has 0 radical (unpaired) electrons. The van der Waals surface area contributed by atoms with Gasteiger partial charge in [-0.25, -0.2) is 19.4 Å². The van der Waals surface area contributed by atoms with Gasteiger partial charge in [-0.05, 0) is 37.1 Å². The van der Waals surface area contributed by atoms with Crippen molar-refractivity contribution in [3.8, 4) is 5.69 Å². The van der Waals surface area contributed by atoms with Crippen LogP contribution >= 0.6 is 0 Å². The standard InChI is InChI=1S/C20H22N6O2/c1-21-17-13-15(7-10-22-17)19(27)25-11-8-14(9-12-25)18-23-24-20(28)26(18)16-5-3-2-4-6-16/h2-7,10,13-14H,8-9,11-12H2,1H3,(H,21,22)(H,24,28). The van der Waals surface area contributed by atoms with Crippen LogP contribution < -0.4 is 11.0 Å². The first-order valence-electron chi connectivity index (χ1n) is 9.33. The second kappa shape index (κ2) is 7.67. The van der Waals surface area contributed by atoms with E-state index < -0.39 is 0 Å². The van der Waals surface area contributed by atoms with E-state index in [0.29, 0.717) is 24.5 Å². The summed E-state index contributed by atoms with van der Waals surface area (Å²) in [7, 11) is 1.78. The van der Waals surface area contributed by atoms with E-state index in [-0.39, 0.29) is 17.5 Å². The first kappa shape index (κ1) is 18.0. The molecular formula is C20H22N6O2. The number of rotatable bonds is 4. The molecule has 2 aromatic heterocycles. The van der Waals surface area contributed by atoms with Crippen LogP contribution in [0.5, 0.6) is 0 Å². The first-order chi connectivity index (χ1) is 13.7. The Labute approximate surface area is 162 Å². The number of anilines is 1. The summed E-state index contributed by atoms with van der Waals surface area (Å²) in [6, 6.07) is 13.0. The number of benzene rings is 1. The van der Waals surface area contributed by atoms with Crippen LogP contribution in [0.4, 0.5) is 5.82 Å². The number of hydrogen-bond acceptors (Lipinski definition) is 5. The molecule has 28 heavy (non-hydrogen) atoms. The predicted molar refractivity (Wildman–Crippen MR) is 106 cm³/mol. The van der Waals surface area contributed by atoms with E-state index in [2.05, 4.69) is 20.5 Å². The lowest BCUT2D eigenvalue weighted by atomic mass is 9.95. The smallest absolute Gasteiger partial charge is 0.347 e. The van der Waals surface area contributed by atoms with Crippen LogP contribution in [0.15, 0.2) is 53.5 Å². The normalized spacial score (nSPS) is 14.8. The molecule has 144 valence electrons. The molecule has 1 fully saturated rings. The molecule has 1 aromatic carbocycles. The summed E-state index contributed by atoms with van der Waals surface area (Å²) in [6.07, 6.45) is 3.15. The fourth-order valence-electron chi connectivity index (χ4n) is 3.63. The number of nitrogens with one attached hydrogen (secondary N) is 2. The number of H-pyrrole nitrogens is 1. The van der Waals surface area contributed by atoms with Gasteiger partial charge in [0.1, 0.15) is 11.6 Å². The number of likely N-dealkylation sites (tertiary alicyclic amines) is 1. The van der Waals surface area contributed by atoms with Gasteiger partial charge in [-0.2, -0.15) is 5.10 Å². The molecule has 8 heteroatoms. The van der Waals surface area contributed by atoms with Gasteiger partial charge < -0.3 is 10.2 Å². The number of carbonyl (C=O) groups excluding carboxylic acids is 1. The quantitative estimate of drug-likeness (QED) is 0.724. The Morgan fingerprint density at radius 2 is 1.93 bits per heavy atom. The van der Waals surface area contributed by atoms with Crippen molar-refractivity contribution < 1.29 is 4.79 Å². The maximum Gasteiger partial charge on any atom is 0.347 e. The van der Waals surface area contributed by atoms with Crippen molar-refractivity contribution >= 4 is 11.7 Å². The summed E-state index contributed by atoms with van der Waals surface area (Å²) in [6.45, 7) is 1.24. The number of aromatic nitrogens is 4. The van der Waals surface area contributed by atoms with Crippen molar-refractivity contribution in [2.45, 2.75) is 18.8 Å². The van der Waals surface area contributed by atoms with Crippen LogP contribution in [-0.4, -0.2) is 50.7 Å². The summed E-state index contributed by atoms with van der Waals surface area (Å²) in [4.78, 5) is 31.1. The molecule has 1 aliphatic rings. The van der Waals surface area contributed by atoms with E-state index in [0.717, 1.165) is 24.4 Å². The van der Waals surface area contributed by atoms with E-state index in [1.54, 1.807) is 29.9 Å². The van der Waals surface area contributed by atoms with Crippen molar-refractivity contribution in [2.24, 2.45) is 0 Å². The molecule has 0 aliphatic carbocycles. The van der Waals surface area contributed by atoms with Crippen molar-refractivity contribution in [2.75, 3.05) is 25.5 Å². The van der Waals surface area contributed by atoms with Crippen molar-refractivity contribution in [1.82, 2.24) is 24.6 Å². The fourth-order valence-corrected chi connectivity index (χ4v) is 3.63. The number of nitrogens with zero attached hydrogens (tertiary/aromatic N) is 4. The van der Waals surface area contributed by atoms with Gasteiger partial charge in [0.25, 0.3) is 5.91 Å². The molecule has 8 nitrogen and oxygen atoms in total. The Bertz CT molecular complexity index is 1020. The van der Waals surface area contributed by atoms with Crippen molar-refractivity contribution in [3.05, 3.63) is 70.5 Å². The average Bonchev–Trinajstić information content (AvgIpc) is 3.15. The average molecular weight is 378 g/mol. The number of aromatic amines is 1. The van der Waals surface area contributed by atoms with Crippen LogP contribution in [0.3, 0.4) is 0 Å². The lowest BCUT2D eigenvalue weighted by molar-refractivity contribution is 0.0710. The molecule has 0 atom stereocenters. The third kappa shape index (κ3) is 3.40. The Hall–Kier alpha value is -3.42. The summed E-state index contributed by atoms with van der Waals surface area (Å²) in [5.74, 6) is 1.52. The van der Waals surface area contributed by atoms with Crippen LogP contribution in [0.2, 0.25) is 0 Å². The van der Waals surface area contributed by atoms with E-state index in [9.17, 15) is 9.59 Å². The van der Waals surface area contributed by atoms with Gasteiger partial charge in [0.2, 0.25) is 0 Å². The Morgan fingerprint density at radius 1 is 1.18 bits per heavy atom. The zero-order valence-corrected chi connectivity index (χ0v) is 15.6. The van der Waals surface area contributed by atoms with E-state index in [1.807, 2.05) is 35.2 Å². The molecule has 1 saturated heterocycles. The minimum Gasteiger partial charge on any atom is -0.373 e. The molecule has 0 saturated carbocycles.